The van der Waals surface area contributed by atoms with E-state index in [0.717, 1.165) is 54.2 Å². The number of hydrogen-bond acceptors (Lipinski definition) is 2. The Morgan fingerprint density at radius 2 is 1.91 bits per heavy atom. The highest BCUT2D eigenvalue weighted by atomic mass is 16.4. The highest BCUT2D eigenvalue weighted by Gasteiger charge is 2.59. The van der Waals surface area contributed by atoms with Gasteiger partial charge in [-0.2, -0.15) is 0 Å². The number of hydrogen-bond donors (Lipinski definition) is 1. The van der Waals surface area contributed by atoms with E-state index in [1.165, 1.54) is 62.4 Å². The van der Waals surface area contributed by atoms with Gasteiger partial charge >= 0.3 is 6.09 Å². The Bertz CT molecular complexity index is 963. The zero-order valence-corrected chi connectivity index (χ0v) is 22.8. The fraction of sp³-hybridized carbons (Fsp3) is 0.806. The zero-order chi connectivity index (χ0) is 25.0. The molecular weight excluding hydrogens is 432 g/mol. The number of carboxylic acid groups (broad SMARTS) is 1. The number of fused-ring (bicyclic) bond motifs is 5. The summed E-state index contributed by atoms with van der Waals surface area (Å²) >= 11 is 0. The minimum absolute atomic E-state index is 0.230. The topological polar surface area (TPSA) is 55.1 Å². The third-order valence-corrected chi connectivity index (χ3v) is 11.5. The largest absolute Gasteiger partial charge is 0.464 e. The maximum atomic E-state index is 11.7. The van der Waals surface area contributed by atoms with Gasteiger partial charge in [-0.05, 0) is 97.7 Å². The molecule has 3 saturated carbocycles. The Balaban J connectivity index is 1.31. The number of nitrogens with zero attached hydrogens (tertiary/aromatic N) is 2. The van der Waals surface area contributed by atoms with E-state index in [2.05, 4.69) is 45.7 Å². The predicted molar refractivity (Wildman–Crippen MR) is 141 cm³/mol. The first-order valence-corrected chi connectivity index (χ1v) is 14.6. The van der Waals surface area contributed by atoms with Crippen LogP contribution in [0.25, 0.3) is 0 Å². The van der Waals surface area contributed by atoms with Crippen molar-refractivity contribution in [1.82, 2.24) is 9.55 Å². The van der Waals surface area contributed by atoms with E-state index in [4.69, 9.17) is 0 Å². The van der Waals surface area contributed by atoms with Crippen LogP contribution in [0, 0.1) is 46.3 Å². The summed E-state index contributed by atoms with van der Waals surface area (Å²) in [6.07, 6.45) is 19.3. The second kappa shape index (κ2) is 9.38. The van der Waals surface area contributed by atoms with E-state index in [1.807, 2.05) is 0 Å². The van der Waals surface area contributed by atoms with Gasteiger partial charge in [0.1, 0.15) is 5.82 Å². The molecule has 35 heavy (non-hydrogen) atoms. The second-order valence-corrected chi connectivity index (χ2v) is 13.7. The molecular formula is C31H48N2O2. The van der Waals surface area contributed by atoms with Crippen LogP contribution in [-0.4, -0.2) is 20.8 Å². The quantitative estimate of drug-likeness (QED) is 0.415. The van der Waals surface area contributed by atoms with Crippen molar-refractivity contribution in [3.63, 3.8) is 0 Å². The molecule has 1 aromatic heterocycles. The van der Waals surface area contributed by atoms with Gasteiger partial charge in [-0.15, -0.1) is 0 Å². The molecule has 0 spiro atoms. The van der Waals surface area contributed by atoms with E-state index < -0.39 is 6.09 Å². The van der Waals surface area contributed by atoms with Crippen molar-refractivity contribution in [1.29, 1.82) is 0 Å². The molecule has 0 bridgehead atoms. The van der Waals surface area contributed by atoms with Crippen molar-refractivity contribution < 1.29 is 9.90 Å². The summed E-state index contributed by atoms with van der Waals surface area (Å²) in [7, 11) is 0. The molecule has 0 radical (unpaired) electrons. The van der Waals surface area contributed by atoms with E-state index in [-0.39, 0.29) is 5.92 Å². The summed E-state index contributed by atoms with van der Waals surface area (Å²) in [6, 6.07) is 0. The first-order valence-electron chi connectivity index (χ1n) is 14.6. The van der Waals surface area contributed by atoms with Gasteiger partial charge in [0.05, 0.1) is 0 Å². The van der Waals surface area contributed by atoms with Crippen LogP contribution in [0.15, 0.2) is 24.0 Å². The van der Waals surface area contributed by atoms with Crippen molar-refractivity contribution in [2.45, 2.75) is 111 Å². The van der Waals surface area contributed by atoms with Crippen molar-refractivity contribution in [3.05, 3.63) is 29.9 Å². The lowest BCUT2D eigenvalue weighted by atomic mass is 9.46. The molecule has 5 rings (SSSR count). The minimum Gasteiger partial charge on any atom is -0.464 e. The number of rotatable bonds is 6. The van der Waals surface area contributed by atoms with Crippen LogP contribution in [0.2, 0.25) is 0 Å². The molecule has 1 aromatic rings. The highest BCUT2D eigenvalue weighted by Crippen LogP contribution is 2.68. The summed E-state index contributed by atoms with van der Waals surface area (Å²) in [4.78, 5) is 16.1. The Kier molecular flexibility index (Phi) is 6.72. The lowest BCUT2D eigenvalue weighted by molar-refractivity contribution is -0.0511. The first kappa shape index (κ1) is 25.1. The van der Waals surface area contributed by atoms with Crippen LogP contribution < -0.4 is 0 Å². The Hall–Kier alpha value is -1.58. The molecule has 194 valence electrons. The predicted octanol–water partition coefficient (Wildman–Crippen LogP) is 8.53. The third kappa shape index (κ3) is 4.21. The number of allylic oxidation sites excluding steroid dienone is 2. The molecule has 0 aliphatic heterocycles. The Morgan fingerprint density at radius 1 is 1.11 bits per heavy atom. The number of carbonyl (C=O) groups is 1. The smallest absolute Gasteiger partial charge is 0.417 e. The van der Waals surface area contributed by atoms with Gasteiger partial charge in [0.25, 0.3) is 0 Å². The second-order valence-electron chi connectivity index (χ2n) is 13.7. The van der Waals surface area contributed by atoms with Crippen LogP contribution in [0.1, 0.15) is 117 Å². The maximum absolute atomic E-state index is 11.7. The summed E-state index contributed by atoms with van der Waals surface area (Å²) in [6.45, 7) is 12.5. The third-order valence-electron chi connectivity index (χ3n) is 11.5. The van der Waals surface area contributed by atoms with Gasteiger partial charge in [0.2, 0.25) is 0 Å². The lowest BCUT2D eigenvalue weighted by Gasteiger charge is -2.58. The average molecular weight is 481 g/mol. The molecule has 4 aliphatic carbocycles. The van der Waals surface area contributed by atoms with Gasteiger partial charge in [0, 0.05) is 18.3 Å². The molecule has 0 aromatic carbocycles. The van der Waals surface area contributed by atoms with Gasteiger partial charge in [0.15, 0.2) is 0 Å². The highest BCUT2D eigenvalue weighted by molar-refractivity contribution is 5.68. The SMILES string of the molecule is CC(C)CCC[C@@H](C)[C@H]1CC[C@H]2[C@@H]3CC=C4C[C@@H](c5nccn5C(=O)O)CC[C@]4(C)[C@H]3CC[C@]12C. The van der Waals surface area contributed by atoms with E-state index >= 15 is 0 Å². The van der Waals surface area contributed by atoms with Crippen LogP contribution in [-0.2, 0) is 0 Å². The average Bonchev–Trinajstić information content (AvgIpc) is 3.43. The molecule has 3 fully saturated rings. The standard InChI is InChI=1S/C31H48N2O2/c1-20(2)7-6-8-21(3)25-11-12-26-24-10-9-23-19-22(28-32-17-18-33(28)29(34)35)13-15-30(23,4)27(24)14-16-31(25,26)5/h9,17-18,20-22,24-27H,6-8,10-16,19H2,1-5H3,(H,34,35)/t21-,22+,24+,25-,26+,27+,30+,31-/m1/s1. The lowest BCUT2D eigenvalue weighted by Crippen LogP contribution is -2.50. The normalized spacial score (nSPS) is 39.5. The summed E-state index contributed by atoms with van der Waals surface area (Å²) in [5, 5.41) is 9.57. The van der Waals surface area contributed by atoms with Crippen molar-refractivity contribution >= 4 is 6.09 Å². The van der Waals surface area contributed by atoms with Crippen molar-refractivity contribution in [3.8, 4) is 0 Å². The summed E-state index contributed by atoms with van der Waals surface area (Å²) < 4.78 is 1.34. The molecule has 0 saturated heterocycles. The Labute approximate surface area is 213 Å². The zero-order valence-electron chi connectivity index (χ0n) is 22.8. The molecule has 0 unspecified atom stereocenters. The van der Waals surface area contributed by atoms with Crippen LogP contribution in [0.3, 0.4) is 0 Å². The van der Waals surface area contributed by atoms with Gasteiger partial charge in [-0.3, -0.25) is 0 Å². The molecule has 4 aliphatic rings. The van der Waals surface area contributed by atoms with Gasteiger partial charge in [-0.25, -0.2) is 14.3 Å². The Morgan fingerprint density at radius 3 is 2.66 bits per heavy atom. The molecule has 0 amide bonds. The van der Waals surface area contributed by atoms with Crippen LogP contribution in [0.5, 0.6) is 0 Å². The van der Waals surface area contributed by atoms with Crippen molar-refractivity contribution in [2.75, 3.05) is 0 Å². The minimum atomic E-state index is -0.913. The summed E-state index contributed by atoms with van der Waals surface area (Å²) in [5.74, 6) is 6.09. The molecule has 1 N–H and O–H groups in total. The van der Waals surface area contributed by atoms with Crippen LogP contribution in [0.4, 0.5) is 4.79 Å². The van der Waals surface area contributed by atoms with E-state index in [9.17, 15) is 9.90 Å². The number of aromatic nitrogens is 2. The molecule has 1 heterocycles. The van der Waals surface area contributed by atoms with Crippen molar-refractivity contribution in [2.24, 2.45) is 46.3 Å². The van der Waals surface area contributed by atoms with Crippen LogP contribution >= 0.6 is 0 Å². The first-order chi connectivity index (χ1) is 16.6. The fourth-order valence-electron chi connectivity index (χ4n) is 9.68. The summed E-state index contributed by atoms with van der Waals surface area (Å²) in [5.41, 5.74) is 2.43. The van der Waals surface area contributed by atoms with Gasteiger partial charge < -0.3 is 5.11 Å². The molecule has 4 heteroatoms. The number of imidazole rings is 1. The molecule has 8 atom stereocenters. The maximum Gasteiger partial charge on any atom is 0.417 e. The fourth-order valence-corrected chi connectivity index (χ4v) is 9.68. The van der Waals surface area contributed by atoms with E-state index in [1.54, 1.807) is 18.0 Å². The monoisotopic (exact) mass is 480 g/mol. The molecule has 4 nitrogen and oxygen atoms in total. The van der Waals surface area contributed by atoms with Gasteiger partial charge in [-0.1, -0.05) is 65.5 Å². The van der Waals surface area contributed by atoms with E-state index in [0.29, 0.717) is 10.8 Å².